The molecule has 0 atom stereocenters. The van der Waals surface area contributed by atoms with Crippen LogP contribution in [0.2, 0.25) is 5.02 Å². The highest BCUT2D eigenvalue weighted by atomic mass is 35.5. The number of halogens is 2. The highest BCUT2D eigenvalue weighted by molar-refractivity contribution is 6.31. The number of anilines is 1. The summed E-state index contributed by atoms with van der Waals surface area (Å²) in [6.45, 7) is 1.67. The minimum absolute atomic E-state index is 0.0950. The van der Waals surface area contributed by atoms with E-state index in [1.54, 1.807) is 24.3 Å². The van der Waals surface area contributed by atoms with Crippen LogP contribution in [0.25, 0.3) is 0 Å². The van der Waals surface area contributed by atoms with Gasteiger partial charge in [0.15, 0.2) is 0 Å². The van der Waals surface area contributed by atoms with Crippen molar-refractivity contribution < 1.29 is 14.0 Å². The first kappa shape index (κ1) is 16.0. The first-order chi connectivity index (χ1) is 10.5. The van der Waals surface area contributed by atoms with Gasteiger partial charge in [0.05, 0.1) is 5.56 Å². The Bertz CT molecular complexity index is 702. The van der Waals surface area contributed by atoms with Crippen molar-refractivity contribution in [1.29, 1.82) is 0 Å². The molecule has 0 saturated heterocycles. The lowest BCUT2D eigenvalue weighted by Crippen LogP contribution is -2.23. The van der Waals surface area contributed by atoms with E-state index in [0.29, 0.717) is 10.7 Å². The number of benzene rings is 2. The molecule has 0 fully saturated rings. The van der Waals surface area contributed by atoms with Crippen LogP contribution in [-0.2, 0) is 11.3 Å². The van der Waals surface area contributed by atoms with Gasteiger partial charge in [0.1, 0.15) is 5.82 Å². The smallest absolute Gasteiger partial charge is 0.254 e. The average Bonchev–Trinajstić information content (AvgIpc) is 2.48. The van der Waals surface area contributed by atoms with Crippen LogP contribution in [0.1, 0.15) is 22.8 Å². The van der Waals surface area contributed by atoms with Gasteiger partial charge in [0, 0.05) is 24.2 Å². The summed E-state index contributed by atoms with van der Waals surface area (Å²) in [6.07, 6.45) is 0. The number of hydrogen-bond donors (Lipinski definition) is 2. The van der Waals surface area contributed by atoms with Gasteiger partial charge >= 0.3 is 0 Å². The fourth-order valence-corrected chi connectivity index (χ4v) is 2.03. The highest BCUT2D eigenvalue weighted by Gasteiger charge is 2.11. The van der Waals surface area contributed by atoms with Gasteiger partial charge in [0.25, 0.3) is 5.91 Å². The Morgan fingerprint density at radius 2 is 1.82 bits per heavy atom. The van der Waals surface area contributed by atoms with Gasteiger partial charge in [-0.2, -0.15) is 0 Å². The van der Waals surface area contributed by atoms with Gasteiger partial charge in [-0.3, -0.25) is 9.59 Å². The zero-order valence-corrected chi connectivity index (χ0v) is 12.6. The molecule has 4 nitrogen and oxygen atoms in total. The van der Waals surface area contributed by atoms with Crippen LogP contribution < -0.4 is 10.6 Å². The lowest BCUT2D eigenvalue weighted by molar-refractivity contribution is -0.114. The molecule has 2 N–H and O–H groups in total. The Hall–Kier alpha value is -2.40. The monoisotopic (exact) mass is 320 g/mol. The van der Waals surface area contributed by atoms with E-state index in [1.807, 2.05) is 0 Å². The Morgan fingerprint density at radius 1 is 1.14 bits per heavy atom. The Morgan fingerprint density at radius 3 is 2.45 bits per heavy atom. The molecule has 2 rings (SSSR count). The van der Waals surface area contributed by atoms with Crippen molar-refractivity contribution in [2.24, 2.45) is 0 Å². The van der Waals surface area contributed by atoms with Crippen molar-refractivity contribution in [3.05, 3.63) is 64.4 Å². The zero-order valence-electron chi connectivity index (χ0n) is 11.8. The predicted octanol–water partition coefficient (Wildman–Crippen LogP) is 3.37. The third kappa shape index (κ3) is 4.30. The van der Waals surface area contributed by atoms with E-state index in [0.717, 1.165) is 11.6 Å². The summed E-state index contributed by atoms with van der Waals surface area (Å²) >= 11 is 5.76. The molecule has 2 aromatic rings. The zero-order chi connectivity index (χ0) is 16.1. The van der Waals surface area contributed by atoms with Crippen LogP contribution in [0.15, 0.2) is 42.5 Å². The van der Waals surface area contributed by atoms with Crippen LogP contribution in [0.4, 0.5) is 10.1 Å². The third-order valence-corrected chi connectivity index (χ3v) is 3.14. The van der Waals surface area contributed by atoms with Crippen LogP contribution >= 0.6 is 11.6 Å². The second kappa shape index (κ2) is 7.04. The average molecular weight is 321 g/mol. The summed E-state index contributed by atoms with van der Waals surface area (Å²) < 4.78 is 13.6. The van der Waals surface area contributed by atoms with E-state index in [2.05, 4.69) is 10.6 Å². The second-order valence-corrected chi connectivity index (χ2v) is 5.12. The fraction of sp³-hybridized carbons (Fsp3) is 0.125. The lowest BCUT2D eigenvalue weighted by atomic mass is 10.1. The number of carbonyl (C=O) groups is 2. The minimum Gasteiger partial charge on any atom is -0.348 e. The Labute approximate surface area is 132 Å². The van der Waals surface area contributed by atoms with Gasteiger partial charge in [-0.15, -0.1) is 0 Å². The van der Waals surface area contributed by atoms with E-state index in [4.69, 9.17) is 11.6 Å². The molecule has 114 valence electrons. The van der Waals surface area contributed by atoms with Gasteiger partial charge in [-0.05, 0) is 35.9 Å². The normalized spacial score (nSPS) is 10.1. The number of hydrogen-bond acceptors (Lipinski definition) is 2. The number of amides is 2. The molecule has 6 heteroatoms. The molecule has 0 saturated carbocycles. The Balaban J connectivity index is 1.99. The lowest BCUT2D eigenvalue weighted by Gasteiger charge is -2.08. The van der Waals surface area contributed by atoms with Crippen molar-refractivity contribution in [3.63, 3.8) is 0 Å². The van der Waals surface area contributed by atoms with E-state index >= 15 is 0 Å². The van der Waals surface area contributed by atoms with Crippen molar-refractivity contribution in [2.45, 2.75) is 13.5 Å². The van der Waals surface area contributed by atoms with Gasteiger partial charge in [-0.25, -0.2) is 4.39 Å². The molecule has 0 radical (unpaired) electrons. The van der Waals surface area contributed by atoms with Gasteiger partial charge < -0.3 is 10.6 Å². The summed E-state index contributed by atoms with van der Waals surface area (Å²) in [5.74, 6) is -1.31. The topological polar surface area (TPSA) is 58.2 Å². The van der Waals surface area contributed by atoms with E-state index in [-0.39, 0.29) is 18.0 Å². The van der Waals surface area contributed by atoms with Crippen LogP contribution in [0.3, 0.4) is 0 Å². The molecule has 0 unspecified atom stereocenters. The summed E-state index contributed by atoms with van der Waals surface area (Å²) in [5.41, 5.74) is 1.40. The maximum Gasteiger partial charge on any atom is 0.254 e. The Kier molecular flexibility index (Phi) is 5.12. The molecule has 22 heavy (non-hydrogen) atoms. The first-order valence-electron chi connectivity index (χ1n) is 6.55. The van der Waals surface area contributed by atoms with E-state index < -0.39 is 11.7 Å². The number of rotatable bonds is 4. The molecular weight excluding hydrogens is 307 g/mol. The second-order valence-electron chi connectivity index (χ2n) is 4.68. The molecule has 0 aliphatic rings. The predicted molar refractivity (Wildman–Crippen MR) is 83.3 cm³/mol. The fourth-order valence-electron chi connectivity index (χ4n) is 1.86. The summed E-state index contributed by atoms with van der Waals surface area (Å²) in [6, 6.07) is 10.8. The SMILES string of the molecule is CC(=O)Nc1ccc(CNC(=O)c2cc(Cl)ccc2F)cc1. The quantitative estimate of drug-likeness (QED) is 0.907. The van der Waals surface area contributed by atoms with Crippen LogP contribution in [0, 0.1) is 5.82 Å². The van der Waals surface area contributed by atoms with Crippen molar-refractivity contribution in [3.8, 4) is 0 Å². The van der Waals surface area contributed by atoms with E-state index in [1.165, 1.54) is 19.1 Å². The molecule has 2 amide bonds. The number of carbonyl (C=O) groups excluding carboxylic acids is 2. The van der Waals surface area contributed by atoms with Crippen LogP contribution in [0.5, 0.6) is 0 Å². The molecule has 0 aliphatic heterocycles. The molecule has 2 aromatic carbocycles. The molecule has 0 aliphatic carbocycles. The molecule has 0 bridgehead atoms. The molecular formula is C16H14ClFN2O2. The van der Waals surface area contributed by atoms with Crippen molar-refractivity contribution >= 4 is 29.1 Å². The standard InChI is InChI=1S/C16H14ClFN2O2/c1-10(21)20-13-5-2-11(3-6-13)9-19-16(22)14-8-12(17)4-7-15(14)18/h2-8H,9H2,1H3,(H,19,22)(H,20,21). The van der Waals surface area contributed by atoms with Gasteiger partial charge in [-0.1, -0.05) is 23.7 Å². The van der Waals surface area contributed by atoms with E-state index in [9.17, 15) is 14.0 Å². The number of nitrogens with one attached hydrogen (secondary N) is 2. The van der Waals surface area contributed by atoms with Crippen LogP contribution in [-0.4, -0.2) is 11.8 Å². The third-order valence-electron chi connectivity index (χ3n) is 2.90. The summed E-state index contributed by atoms with van der Waals surface area (Å²) in [5, 5.41) is 5.56. The molecule has 0 aromatic heterocycles. The summed E-state index contributed by atoms with van der Waals surface area (Å²) in [4.78, 5) is 22.9. The largest absolute Gasteiger partial charge is 0.348 e. The molecule has 0 spiro atoms. The van der Waals surface area contributed by atoms with Crippen molar-refractivity contribution in [1.82, 2.24) is 5.32 Å². The highest BCUT2D eigenvalue weighted by Crippen LogP contribution is 2.15. The van der Waals surface area contributed by atoms with Crippen molar-refractivity contribution in [2.75, 3.05) is 5.32 Å². The summed E-state index contributed by atoms with van der Waals surface area (Å²) in [7, 11) is 0. The minimum atomic E-state index is -0.622. The molecule has 0 heterocycles. The van der Waals surface area contributed by atoms with Gasteiger partial charge in [0.2, 0.25) is 5.91 Å². The maximum absolute atomic E-state index is 13.6. The first-order valence-corrected chi connectivity index (χ1v) is 6.93. The maximum atomic E-state index is 13.6.